The third kappa shape index (κ3) is 3.81. The number of hydrogen-bond donors (Lipinski definition) is 1. The highest BCUT2D eigenvalue weighted by Crippen LogP contribution is 2.28. The average Bonchev–Trinajstić information content (AvgIpc) is 3.18. The van der Waals surface area contributed by atoms with Crippen molar-refractivity contribution in [2.75, 3.05) is 30.4 Å². The number of nitrogens with one attached hydrogen (secondary N) is 1. The molecule has 142 valence electrons. The molecule has 1 aromatic heterocycles. The predicted octanol–water partition coefficient (Wildman–Crippen LogP) is 3.34. The highest BCUT2D eigenvalue weighted by molar-refractivity contribution is 6.06. The number of carbonyl (C=O) groups is 1. The van der Waals surface area contributed by atoms with Gasteiger partial charge in [-0.05, 0) is 42.2 Å². The maximum absolute atomic E-state index is 12.8. The van der Waals surface area contributed by atoms with Crippen LogP contribution in [0.4, 0.5) is 11.6 Å². The summed E-state index contributed by atoms with van der Waals surface area (Å²) in [5, 5.41) is 3.19. The number of amides is 1. The largest absolute Gasteiger partial charge is 0.497 e. The molecule has 2 heterocycles. The van der Waals surface area contributed by atoms with Crippen LogP contribution in [-0.2, 0) is 12.8 Å². The monoisotopic (exact) mass is 374 g/mol. The van der Waals surface area contributed by atoms with Crippen molar-refractivity contribution in [2.24, 2.45) is 0 Å². The van der Waals surface area contributed by atoms with Crippen molar-refractivity contribution in [1.82, 2.24) is 9.97 Å². The van der Waals surface area contributed by atoms with Gasteiger partial charge in [-0.2, -0.15) is 0 Å². The van der Waals surface area contributed by atoms with E-state index >= 15 is 0 Å². The minimum absolute atomic E-state index is 0.0604. The standard InChI is InChI=1S/C22H22N4O2/c1-28-19-8-6-16(7-9-19)10-12-23-22-24-14-18(15-25-22)21(27)26-13-11-17-4-2-3-5-20(17)26/h2-9,14-15H,10-13H2,1H3,(H,23,24,25). The molecule has 0 fully saturated rings. The van der Waals surface area contributed by atoms with E-state index in [-0.39, 0.29) is 5.91 Å². The Bertz CT molecular complexity index is 955. The van der Waals surface area contributed by atoms with E-state index in [1.54, 1.807) is 24.4 Å². The molecule has 28 heavy (non-hydrogen) atoms. The second kappa shape index (κ2) is 8.08. The molecule has 1 N–H and O–H groups in total. The highest BCUT2D eigenvalue weighted by Gasteiger charge is 2.25. The summed E-state index contributed by atoms with van der Waals surface area (Å²) in [6, 6.07) is 16.0. The molecule has 0 saturated carbocycles. The Labute approximate surface area is 164 Å². The van der Waals surface area contributed by atoms with E-state index in [0.29, 0.717) is 24.6 Å². The zero-order valence-electron chi connectivity index (χ0n) is 15.8. The van der Waals surface area contributed by atoms with Gasteiger partial charge in [-0.25, -0.2) is 9.97 Å². The zero-order valence-corrected chi connectivity index (χ0v) is 15.8. The lowest BCUT2D eigenvalue weighted by molar-refractivity contribution is 0.0988. The summed E-state index contributed by atoms with van der Waals surface area (Å²) >= 11 is 0. The Morgan fingerprint density at radius 2 is 1.86 bits per heavy atom. The SMILES string of the molecule is COc1ccc(CCNc2ncc(C(=O)N3CCc4ccccc43)cn2)cc1. The molecule has 4 rings (SSSR count). The molecule has 0 radical (unpaired) electrons. The van der Waals surface area contributed by atoms with Gasteiger partial charge < -0.3 is 15.0 Å². The number of fused-ring (bicyclic) bond motifs is 1. The number of anilines is 2. The number of rotatable bonds is 6. The first kappa shape index (κ1) is 18.0. The predicted molar refractivity (Wildman–Crippen MR) is 109 cm³/mol. The van der Waals surface area contributed by atoms with Crippen LogP contribution in [0.5, 0.6) is 5.75 Å². The van der Waals surface area contributed by atoms with E-state index in [0.717, 1.165) is 24.3 Å². The zero-order chi connectivity index (χ0) is 19.3. The van der Waals surface area contributed by atoms with Crippen LogP contribution in [0.3, 0.4) is 0 Å². The molecule has 2 aromatic carbocycles. The molecule has 6 nitrogen and oxygen atoms in total. The molecular weight excluding hydrogens is 352 g/mol. The van der Waals surface area contributed by atoms with Crippen molar-refractivity contribution in [2.45, 2.75) is 12.8 Å². The van der Waals surface area contributed by atoms with Crippen molar-refractivity contribution in [3.8, 4) is 5.75 Å². The van der Waals surface area contributed by atoms with Gasteiger partial charge in [0.2, 0.25) is 5.95 Å². The number of methoxy groups -OCH3 is 1. The van der Waals surface area contributed by atoms with Crippen LogP contribution in [-0.4, -0.2) is 36.1 Å². The lowest BCUT2D eigenvalue weighted by Crippen LogP contribution is -2.29. The topological polar surface area (TPSA) is 67.3 Å². The van der Waals surface area contributed by atoms with E-state index in [9.17, 15) is 4.79 Å². The van der Waals surface area contributed by atoms with Gasteiger partial charge >= 0.3 is 0 Å². The fourth-order valence-electron chi connectivity index (χ4n) is 3.35. The fourth-order valence-corrected chi connectivity index (χ4v) is 3.35. The third-order valence-electron chi connectivity index (χ3n) is 4.89. The molecule has 6 heteroatoms. The van der Waals surface area contributed by atoms with Crippen molar-refractivity contribution < 1.29 is 9.53 Å². The molecule has 1 aliphatic rings. The number of ether oxygens (including phenoxy) is 1. The lowest BCUT2D eigenvalue weighted by atomic mass is 10.1. The number of carbonyl (C=O) groups excluding carboxylic acids is 1. The lowest BCUT2D eigenvalue weighted by Gasteiger charge is -2.17. The quantitative estimate of drug-likeness (QED) is 0.717. The number of aromatic nitrogens is 2. The Hall–Kier alpha value is -3.41. The van der Waals surface area contributed by atoms with Gasteiger partial charge in [0.15, 0.2) is 0 Å². The van der Waals surface area contributed by atoms with Gasteiger partial charge in [0.25, 0.3) is 5.91 Å². The Morgan fingerprint density at radius 1 is 1.11 bits per heavy atom. The van der Waals surface area contributed by atoms with Crippen molar-refractivity contribution in [1.29, 1.82) is 0 Å². The molecule has 3 aromatic rings. The first-order valence-corrected chi connectivity index (χ1v) is 9.33. The number of nitrogens with zero attached hydrogens (tertiary/aromatic N) is 3. The number of benzene rings is 2. The molecule has 0 bridgehead atoms. The van der Waals surface area contributed by atoms with E-state index in [2.05, 4.69) is 21.4 Å². The molecule has 1 aliphatic heterocycles. The summed E-state index contributed by atoms with van der Waals surface area (Å²) in [4.78, 5) is 23.2. The van der Waals surface area contributed by atoms with Crippen LogP contribution in [0.2, 0.25) is 0 Å². The average molecular weight is 374 g/mol. The van der Waals surface area contributed by atoms with Crippen molar-refractivity contribution in [3.63, 3.8) is 0 Å². The summed E-state index contributed by atoms with van der Waals surface area (Å²) in [6.45, 7) is 1.40. The van der Waals surface area contributed by atoms with Crippen LogP contribution in [0.25, 0.3) is 0 Å². The summed E-state index contributed by atoms with van der Waals surface area (Å²) in [6.07, 6.45) is 4.91. The summed E-state index contributed by atoms with van der Waals surface area (Å²) in [5.41, 5.74) is 3.88. The second-order valence-corrected chi connectivity index (χ2v) is 6.66. The van der Waals surface area contributed by atoms with E-state index in [1.165, 1.54) is 11.1 Å². The number of hydrogen-bond acceptors (Lipinski definition) is 5. The van der Waals surface area contributed by atoms with Crippen molar-refractivity contribution >= 4 is 17.5 Å². The Balaban J connectivity index is 1.34. The Kier molecular flexibility index (Phi) is 5.19. The fraction of sp³-hybridized carbons (Fsp3) is 0.227. The van der Waals surface area contributed by atoms with Gasteiger partial charge in [-0.3, -0.25) is 4.79 Å². The van der Waals surface area contributed by atoms with Gasteiger partial charge in [-0.1, -0.05) is 30.3 Å². The van der Waals surface area contributed by atoms with Crippen LogP contribution in [0, 0.1) is 0 Å². The third-order valence-corrected chi connectivity index (χ3v) is 4.89. The minimum Gasteiger partial charge on any atom is -0.497 e. The van der Waals surface area contributed by atoms with E-state index in [4.69, 9.17) is 4.74 Å². The highest BCUT2D eigenvalue weighted by atomic mass is 16.5. The molecular formula is C22H22N4O2. The van der Waals surface area contributed by atoms with Crippen LogP contribution in [0.1, 0.15) is 21.5 Å². The first-order chi connectivity index (χ1) is 13.7. The summed E-state index contributed by atoms with van der Waals surface area (Å²) in [7, 11) is 1.66. The first-order valence-electron chi connectivity index (χ1n) is 9.33. The normalized spacial score (nSPS) is 12.5. The van der Waals surface area contributed by atoms with Gasteiger partial charge in [0.1, 0.15) is 5.75 Å². The smallest absolute Gasteiger partial charge is 0.261 e. The van der Waals surface area contributed by atoms with Crippen molar-refractivity contribution in [3.05, 3.63) is 77.6 Å². The minimum atomic E-state index is -0.0604. The number of para-hydroxylation sites is 1. The summed E-state index contributed by atoms with van der Waals surface area (Å²) in [5.74, 6) is 1.31. The molecule has 0 spiro atoms. The molecule has 0 unspecified atom stereocenters. The van der Waals surface area contributed by atoms with Gasteiger partial charge in [0.05, 0.1) is 12.7 Å². The molecule has 0 atom stereocenters. The van der Waals surface area contributed by atoms with Crippen LogP contribution < -0.4 is 15.0 Å². The van der Waals surface area contributed by atoms with E-state index in [1.807, 2.05) is 42.5 Å². The Morgan fingerprint density at radius 3 is 2.61 bits per heavy atom. The molecule has 1 amide bonds. The molecule has 0 saturated heterocycles. The maximum atomic E-state index is 12.8. The van der Waals surface area contributed by atoms with Crippen LogP contribution >= 0.6 is 0 Å². The maximum Gasteiger partial charge on any atom is 0.261 e. The van der Waals surface area contributed by atoms with Crippen LogP contribution in [0.15, 0.2) is 60.9 Å². The second-order valence-electron chi connectivity index (χ2n) is 6.66. The van der Waals surface area contributed by atoms with Gasteiger partial charge in [-0.15, -0.1) is 0 Å². The molecule has 0 aliphatic carbocycles. The summed E-state index contributed by atoms with van der Waals surface area (Å²) < 4.78 is 5.16. The van der Waals surface area contributed by atoms with Gasteiger partial charge in [0, 0.05) is 31.2 Å². The van der Waals surface area contributed by atoms with E-state index < -0.39 is 0 Å².